The van der Waals surface area contributed by atoms with Crippen LogP contribution >= 0.6 is 0 Å². The predicted molar refractivity (Wildman–Crippen MR) is 111 cm³/mol. The molecule has 1 N–H and O–H groups in total. The average Bonchev–Trinajstić information content (AvgIpc) is 3.33. The van der Waals surface area contributed by atoms with Crippen LogP contribution in [-0.2, 0) is 22.6 Å². The van der Waals surface area contributed by atoms with Gasteiger partial charge in [-0.3, -0.25) is 9.59 Å². The first-order valence-electron chi connectivity index (χ1n) is 9.95. The number of anilines is 1. The Kier molecular flexibility index (Phi) is 4.27. The number of para-hydroxylation sites is 1. The maximum Gasteiger partial charge on any atom is 0.228 e. The molecule has 29 heavy (non-hydrogen) atoms. The van der Waals surface area contributed by atoms with Crippen molar-refractivity contribution in [2.24, 2.45) is 5.92 Å². The van der Waals surface area contributed by atoms with Crippen LogP contribution in [-0.4, -0.2) is 41.9 Å². The number of ether oxygens (including phenoxy) is 1. The highest BCUT2D eigenvalue weighted by atomic mass is 16.5. The van der Waals surface area contributed by atoms with Gasteiger partial charge in [-0.05, 0) is 30.3 Å². The number of nitrogens with zero attached hydrogens (tertiary/aromatic N) is 2. The minimum absolute atomic E-state index is 0.0177. The van der Waals surface area contributed by atoms with Crippen LogP contribution in [0.4, 0.5) is 5.69 Å². The number of carbonyl (C=O) groups is 2. The van der Waals surface area contributed by atoms with E-state index >= 15 is 0 Å². The molecule has 0 saturated carbocycles. The summed E-state index contributed by atoms with van der Waals surface area (Å²) >= 11 is 0. The fourth-order valence-electron chi connectivity index (χ4n) is 4.50. The number of aromatic amines is 1. The number of nitrogens with one attached hydrogen (secondary N) is 1. The molecule has 0 bridgehead atoms. The summed E-state index contributed by atoms with van der Waals surface area (Å²) in [6.45, 7) is 1.69. The standard InChI is InChI=1S/C23H23N3O3/c1-29-17-7-8-20-18(12-17)19-14-25(10-9-21(19)24-20)23(28)15-11-22(27)26(13-15)16-5-3-2-4-6-16/h2-8,12,15,24H,9-11,13-14H2,1H3/t15-/m1/s1. The van der Waals surface area contributed by atoms with Gasteiger partial charge in [0.25, 0.3) is 0 Å². The number of carbonyl (C=O) groups excluding carboxylic acids is 2. The van der Waals surface area contributed by atoms with Crippen LogP contribution in [0.1, 0.15) is 17.7 Å². The lowest BCUT2D eigenvalue weighted by molar-refractivity contribution is -0.136. The highest BCUT2D eigenvalue weighted by molar-refractivity contribution is 6.00. The first-order valence-corrected chi connectivity index (χ1v) is 9.95. The van der Waals surface area contributed by atoms with Crippen molar-refractivity contribution in [3.8, 4) is 5.75 Å². The summed E-state index contributed by atoms with van der Waals surface area (Å²) in [7, 11) is 1.66. The van der Waals surface area contributed by atoms with Crippen molar-refractivity contribution in [1.82, 2.24) is 9.88 Å². The van der Waals surface area contributed by atoms with E-state index < -0.39 is 0 Å². The van der Waals surface area contributed by atoms with Gasteiger partial charge in [-0.1, -0.05) is 18.2 Å². The fourth-order valence-corrected chi connectivity index (χ4v) is 4.50. The van der Waals surface area contributed by atoms with Crippen LogP contribution in [0.5, 0.6) is 5.75 Å². The number of fused-ring (bicyclic) bond motifs is 3. The van der Waals surface area contributed by atoms with Crippen molar-refractivity contribution < 1.29 is 14.3 Å². The molecule has 1 fully saturated rings. The van der Waals surface area contributed by atoms with Crippen molar-refractivity contribution in [3.05, 3.63) is 59.8 Å². The third kappa shape index (κ3) is 3.05. The Balaban J connectivity index is 1.36. The summed E-state index contributed by atoms with van der Waals surface area (Å²) in [4.78, 5) is 32.8. The maximum absolute atomic E-state index is 13.2. The zero-order valence-electron chi connectivity index (χ0n) is 16.4. The Morgan fingerprint density at radius 1 is 1.17 bits per heavy atom. The minimum Gasteiger partial charge on any atom is -0.497 e. The fraction of sp³-hybridized carbons (Fsp3) is 0.304. The van der Waals surface area contributed by atoms with Crippen LogP contribution in [0.2, 0.25) is 0 Å². The van der Waals surface area contributed by atoms with Crippen LogP contribution < -0.4 is 9.64 Å². The van der Waals surface area contributed by atoms with Gasteiger partial charge in [0, 0.05) is 60.3 Å². The number of hydrogen-bond acceptors (Lipinski definition) is 3. The quantitative estimate of drug-likeness (QED) is 0.749. The molecule has 2 aromatic carbocycles. The number of amides is 2. The third-order valence-electron chi connectivity index (χ3n) is 6.04. The molecule has 1 aromatic heterocycles. The van der Waals surface area contributed by atoms with Gasteiger partial charge in [-0.15, -0.1) is 0 Å². The number of hydrogen-bond donors (Lipinski definition) is 1. The first kappa shape index (κ1) is 17.8. The summed E-state index contributed by atoms with van der Waals surface area (Å²) in [6, 6.07) is 15.6. The number of aromatic nitrogens is 1. The molecular formula is C23H23N3O3. The summed E-state index contributed by atoms with van der Waals surface area (Å²) in [6.07, 6.45) is 1.07. The monoisotopic (exact) mass is 389 g/mol. The topological polar surface area (TPSA) is 65.6 Å². The molecule has 0 unspecified atom stereocenters. The molecule has 6 heteroatoms. The van der Waals surface area contributed by atoms with Crippen LogP contribution in [0.15, 0.2) is 48.5 Å². The number of rotatable bonds is 3. The normalized spacial score (nSPS) is 18.9. The van der Waals surface area contributed by atoms with Gasteiger partial charge in [-0.2, -0.15) is 0 Å². The Morgan fingerprint density at radius 2 is 2.00 bits per heavy atom. The molecule has 3 heterocycles. The molecule has 0 aliphatic carbocycles. The van der Waals surface area contributed by atoms with Gasteiger partial charge in [-0.25, -0.2) is 0 Å². The lowest BCUT2D eigenvalue weighted by Crippen LogP contribution is -2.40. The molecule has 148 valence electrons. The molecule has 2 aliphatic rings. The second-order valence-electron chi connectivity index (χ2n) is 7.74. The van der Waals surface area contributed by atoms with Gasteiger partial charge >= 0.3 is 0 Å². The molecular weight excluding hydrogens is 366 g/mol. The minimum atomic E-state index is -0.288. The van der Waals surface area contributed by atoms with E-state index in [1.54, 1.807) is 12.0 Å². The van der Waals surface area contributed by atoms with Crippen LogP contribution in [0.3, 0.4) is 0 Å². The van der Waals surface area contributed by atoms with Crippen molar-refractivity contribution in [2.45, 2.75) is 19.4 Å². The zero-order valence-corrected chi connectivity index (χ0v) is 16.4. The van der Waals surface area contributed by atoms with Crippen LogP contribution in [0.25, 0.3) is 10.9 Å². The van der Waals surface area contributed by atoms with Gasteiger partial charge in [0.2, 0.25) is 11.8 Å². The van der Waals surface area contributed by atoms with E-state index in [9.17, 15) is 9.59 Å². The van der Waals surface area contributed by atoms with E-state index in [1.165, 1.54) is 5.69 Å². The number of methoxy groups -OCH3 is 1. The smallest absolute Gasteiger partial charge is 0.228 e. The predicted octanol–water partition coefficient (Wildman–Crippen LogP) is 3.11. The van der Waals surface area contributed by atoms with E-state index in [2.05, 4.69) is 4.98 Å². The molecule has 1 saturated heterocycles. The second-order valence-corrected chi connectivity index (χ2v) is 7.74. The summed E-state index contributed by atoms with van der Waals surface area (Å²) in [5.74, 6) is 0.607. The lowest BCUT2D eigenvalue weighted by atomic mass is 10.0. The summed E-state index contributed by atoms with van der Waals surface area (Å²) in [5.41, 5.74) is 4.27. The molecule has 6 nitrogen and oxygen atoms in total. The second kappa shape index (κ2) is 6.95. The van der Waals surface area contributed by atoms with Gasteiger partial charge < -0.3 is 19.5 Å². The Bertz CT molecular complexity index is 1090. The average molecular weight is 389 g/mol. The van der Waals surface area contributed by atoms with Crippen molar-refractivity contribution in [3.63, 3.8) is 0 Å². The van der Waals surface area contributed by atoms with Gasteiger partial charge in [0.15, 0.2) is 0 Å². The van der Waals surface area contributed by atoms with Crippen molar-refractivity contribution in [1.29, 1.82) is 0 Å². The van der Waals surface area contributed by atoms with Gasteiger partial charge in [0.1, 0.15) is 5.75 Å². The molecule has 0 spiro atoms. The molecule has 0 radical (unpaired) electrons. The molecule has 3 aromatic rings. The van der Waals surface area contributed by atoms with E-state index in [1.807, 2.05) is 53.4 Å². The van der Waals surface area contributed by atoms with E-state index in [4.69, 9.17) is 4.74 Å². The molecule has 2 aliphatic heterocycles. The molecule has 1 atom stereocenters. The van der Waals surface area contributed by atoms with Gasteiger partial charge in [0.05, 0.1) is 13.0 Å². The van der Waals surface area contributed by atoms with E-state index in [0.717, 1.165) is 34.3 Å². The first-order chi connectivity index (χ1) is 14.1. The highest BCUT2D eigenvalue weighted by Crippen LogP contribution is 2.32. The Labute approximate surface area is 169 Å². The Hall–Kier alpha value is -3.28. The van der Waals surface area contributed by atoms with Crippen LogP contribution in [0, 0.1) is 5.92 Å². The highest BCUT2D eigenvalue weighted by Gasteiger charge is 2.38. The van der Waals surface area contributed by atoms with Crippen molar-refractivity contribution >= 4 is 28.4 Å². The largest absolute Gasteiger partial charge is 0.497 e. The Morgan fingerprint density at radius 3 is 2.79 bits per heavy atom. The third-order valence-corrected chi connectivity index (χ3v) is 6.04. The van der Waals surface area contributed by atoms with E-state index in [0.29, 0.717) is 19.6 Å². The number of H-pyrrole nitrogens is 1. The SMILES string of the molecule is COc1ccc2[nH]c3c(c2c1)CN(C(=O)[C@@H]1CC(=O)N(c2ccccc2)C1)CC3. The number of benzene rings is 2. The molecule has 2 amide bonds. The summed E-state index contributed by atoms with van der Waals surface area (Å²) < 4.78 is 5.37. The van der Waals surface area contributed by atoms with E-state index in [-0.39, 0.29) is 24.2 Å². The maximum atomic E-state index is 13.2. The lowest BCUT2D eigenvalue weighted by Gasteiger charge is -2.29. The molecule has 5 rings (SSSR count). The summed E-state index contributed by atoms with van der Waals surface area (Å²) in [5, 5.41) is 1.10. The zero-order chi connectivity index (χ0) is 20.0. The van der Waals surface area contributed by atoms with Crippen molar-refractivity contribution in [2.75, 3.05) is 25.1 Å².